The highest BCUT2D eigenvalue weighted by atomic mass is 79.9. The van der Waals surface area contributed by atoms with Gasteiger partial charge in [-0.05, 0) is 22.0 Å². The van der Waals surface area contributed by atoms with E-state index in [0.717, 1.165) is 10.2 Å². The number of aromatic amines is 2. The van der Waals surface area contributed by atoms with Gasteiger partial charge in [0.05, 0.1) is 13.4 Å². The van der Waals surface area contributed by atoms with Gasteiger partial charge in [0.15, 0.2) is 0 Å². The summed E-state index contributed by atoms with van der Waals surface area (Å²) >= 11 is 3.24. The average molecular weight is 341 g/mol. The highest BCUT2D eigenvalue weighted by Gasteiger charge is 2.23. The molecule has 0 fully saturated rings. The number of methoxy groups -OCH3 is 1. The molecule has 0 unspecified atom stereocenters. The number of carbonyl (C=O) groups excluding carboxylic acids is 2. The van der Waals surface area contributed by atoms with Gasteiger partial charge in [0.25, 0.3) is 5.91 Å². The van der Waals surface area contributed by atoms with E-state index < -0.39 is 12.0 Å². The molecule has 0 bridgehead atoms. The molecule has 0 aliphatic carbocycles. The molecule has 0 aromatic carbocycles. The third kappa shape index (κ3) is 3.47. The number of rotatable bonds is 5. The molecule has 2 aromatic heterocycles. The van der Waals surface area contributed by atoms with Crippen LogP contribution in [0.15, 0.2) is 29.3 Å². The fourth-order valence-electron chi connectivity index (χ4n) is 1.69. The molecule has 2 rings (SSSR count). The molecule has 2 heterocycles. The first-order chi connectivity index (χ1) is 9.60. The first-order valence-corrected chi connectivity index (χ1v) is 6.59. The maximum absolute atomic E-state index is 12.0. The second-order valence-corrected chi connectivity index (χ2v) is 4.98. The van der Waals surface area contributed by atoms with Crippen molar-refractivity contribution in [2.45, 2.75) is 12.5 Å². The fraction of sp³-hybridized carbons (Fsp3) is 0.250. The summed E-state index contributed by atoms with van der Waals surface area (Å²) in [5.41, 5.74) is 1.09. The van der Waals surface area contributed by atoms with Gasteiger partial charge in [-0.3, -0.25) is 4.79 Å². The highest BCUT2D eigenvalue weighted by Crippen LogP contribution is 2.11. The summed E-state index contributed by atoms with van der Waals surface area (Å²) in [6.45, 7) is 0. The predicted octanol–water partition coefficient (Wildman–Crippen LogP) is 1.01. The molecule has 20 heavy (non-hydrogen) atoms. The molecule has 0 saturated heterocycles. The highest BCUT2D eigenvalue weighted by molar-refractivity contribution is 9.10. The van der Waals surface area contributed by atoms with Crippen LogP contribution in [0, 0.1) is 0 Å². The van der Waals surface area contributed by atoms with Gasteiger partial charge in [0.1, 0.15) is 11.7 Å². The van der Waals surface area contributed by atoms with Crippen molar-refractivity contribution in [3.63, 3.8) is 0 Å². The number of hydrogen-bond acceptors (Lipinski definition) is 4. The molecule has 106 valence electrons. The van der Waals surface area contributed by atoms with Crippen LogP contribution in [-0.2, 0) is 16.0 Å². The normalized spacial score (nSPS) is 11.9. The zero-order valence-electron chi connectivity index (χ0n) is 10.6. The van der Waals surface area contributed by atoms with Gasteiger partial charge >= 0.3 is 5.97 Å². The Labute approximate surface area is 123 Å². The third-order valence-electron chi connectivity index (χ3n) is 2.66. The van der Waals surface area contributed by atoms with Crippen LogP contribution in [0.3, 0.4) is 0 Å². The Bertz CT molecular complexity index is 594. The van der Waals surface area contributed by atoms with Crippen molar-refractivity contribution in [3.05, 3.63) is 40.6 Å². The van der Waals surface area contributed by atoms with Crippen LogP contribution in [0.4, 0.5) is 0 Å². The van der Waals surface area contributed by atoms with Crippen LogP contribution in [-0.4, -0.2) is 40.0 Å². The summed E-state index contributed by atoms with van der Waals surface area (Å²) in [6.07, 6.45) is 5.01. The van der Waals surface area contributed by atoms with E-state index in [1.807, 2.05) is 0 Å². The second kappa shape index (κ2) is 6.38. The zero-order chi connectivity index (χ0) is 14.5. The fourth-order valence-corrected chi connectivity index (χ4v) is 2.03. The van der Waals surface area contributed by atoms with Crippen molar-refractivity contribution in [1.29, 1.82) is 0 Å². The number of ether oxygens (including phenoxy) is 1. The van der Waals surface area contributed by atoms with Crippen molar-refractivity contribution >= 4 is 27.8 Å². The summed E-state index contributed by atoms with van der Waals surface area (Å²) in [7, 11) is 1.28. The summed E-state index contributed by atoms with van der Waals surface area (Å²) in [5, 5.41) is 2.62. The van der Waals surface area contributed by atoms with Crippen LogP contribution < -0.4 is 5.32 Å². The van der Waals surface area contributed by atoms with Gasteiger partial charge in [-0.1, -0.05) is 0 Å². The van der Waals surface area contributed by atoms with E-state index in [1.165, 1.54) is 13.4 Å². The minimum Gasteiger partial charge on any atom is -0.467 e. The summed E-state index contributed by atoms with van der Waals surface area (Å²) in [4.78, 5) is 33.3. The van der Waals surface area contributed by atoms with Gasteiger partial charge in [-0.25, -0.2) is 9.78 Å². The lowest BCUT2D eigenvalue weighted by molar-refractivity contribution is -0.142. The van der Waals surface area contributed by atoms with Gasteiger partial charge in [-0.2, -0.15) is 0 Å². The molecule has 1 atom stereocenters. The Morgan fingerprint density at radius 1 is 1.50 bits per heavy atom. The van der Waals surface area contributed by atoms with E-state index in [-0.39, 0.29) is 12.3 Å². The van der Waals surface area contributed by atoms with Crippen LogP contribution in [0.5, 0.6) is 0 Å². The van der Waals surface area contributed by atoms with E-state index in [1.54, 1.807) is 18.5 Å². The Hall–Kier alpha value is -2.09. The maximum Gasteiger partial charge on any atom is 0.328 e. The van der Waals surface area contributed by atoms with Crippen molar-refractivity contribution in [1.82, 2.24) is 20.3 Å². The first kappa shape index (κ1) is 14.3. The van der Waals surface area contributed by atoms with E-state index in [4.69, 9.17) is 4.74 Å². The third-order valence-corrected chi connectivity index (χ3v) is 3.12. The van der Waals surface area contributed by atoms with Crippen molar-refractivity contribution in [2.24, 2.45) is 0 Å². The number of hydrogen-bond donors (Lipinski definition) is 3. The van der Waals surface area contributed by atoms with Crippen LogP contribution in [0.25, 0.3) is 0 Å². The molecule has 8 heteroatoms. The molecule has 0 spiro atoms. The standard InChI is InChI=1S/C12H13BrN4O3/c1-20-12(19)10(3-8-5-14-6-16-8)17-11(18)9-2-7(13)4-15-9/h2,4-6,10,15H,3H2,1H3,(H,14,16)(H,17,18)/t10-/m0/s1. The minimum atomic E-state index is -0.782. The number of carbonyl (C=O) groups is 2. The predicted molar refractivity (Wildman–Crippen MR) is 74.1 cm³/mol. The number of halogens is 1. The summed E-state index contributed by atoms with van der Waals surface area (Å²) < 4.78 is 5.45. The van der Waals surface area contributed by atoms with Crippen LogP contribution in [0.1, 0.15) is 16.2 Å². The molecule has 2 aromatic rings. The molecular formula is C12H13BrN4O3. The maximum atomic E-state index is 12.0. The number of esters is 1. The molecule has 1 amide bonds. The monoisotopic (exact) mass is 340 g/mol. The van der Waals surface area contributed by atoms with E-state index in [0.29, 0.717) is 5.69 Å². The smallest absolute Gasteiger partial charge is 0.328 e. The quantitative estimate of drug-likeness (QED) is 0.707. The molecule has 0 aliphatic rings. The summed E-state index contributed by atoms with van der Waals surface area (Å²) in [5.74, 6) is -0.899. The number of H-pyrrole nitrogens is 2. The first-order valence-electron chi connectivity index (χ1n) is 5.80. The number of nitrogens with zero attached hydrogens (tertiary/aromatic N) is 1. The van der Waals surface area contributed by atoms with E-state index in [9.17, 15) is 9.59 Å². The molecular weight excluding hydrogens is 328 g/mol. The Morgan fingerprint density at radius 2 is 2.30 bits per heavy atom. The Balaban J connectivity index is 2.07. The largest absolute Gasteiger partial charge is 0.467 e. The summed E-state index contributed by atoms with van der Waals surface area (Å²) in [6, 6.07) is 0.842. The van der Waals surface area contributed by atoms with Crippen molar-refractivity contribution in [2.75, 3.05) is 7.11 Å². The number of aromatic nitrogens is 3. The van der Waals surface area contributed by atoms with Crippen molar-refractivity contribution in [3.8, 4) is 0 Å². The lowest BCUT2D eigenvalue weighted by Gasteiger charge is -2.15. The molecule has 0 radical (unpaired) electrons. The van der Waals surface area contributed by atoms with E-state index >= 15 is 0 Å². The van der Waals surface area contributed by atoms with Gasteiger partial charge in [0.2, 0.25) is 0 Å². The topological polar surface area (TPSA) is 99.9 Å². The molecule has 0 saturated carbocycles. The number of amides is 1. The second-order valence-electron chi connectivity index (χ2n) is 4.06. The Morgan fingerprint density at radius 3 is 2.85 bits per heavy atom. The Kier molecular flexibility index (Phi) is 4.57. The molecule has 3 N–H and O–H groups in total. The zero-order valence-corrected chi connectivity index (χ0v) is 12.2. The van der Waals surface area contributed by atoms with Gasteiger partial charge in [-0.15, -0.1) is 0 Å². The van der Waals surface area contributed by atoms with Gasteiger partial charge < -0.3 is 20.0 Å². The average Bonchev–Trinajstić information content (AvgIpc) is 3.08. The number of imidazole rings is 1. The van der Waals surface area contributed by atoms with Gasteiger partial charge in [0, 0.05) is 29.0 Å². The van der Waals surface area contributed by atoms with Crippen LogP contribution >= 0.6 is 15.9 Å². The van der Waals surface area contributed by atoms with E-state index in [2.05, 4.69) is 36.2 Å². The lowest BCUT2D eigenvalue weighted by Crippen LogP contribution is -2.43. The number of nitrogens with one attached hydrogen (secondary N) is 3. The lowest BCUT2D eigenvalue weighted by atomic mass is 10.1. The SMILES string of the molecule is COC(=O)[C@H](Cc1cnc[nH]1)NC(=O)c1cc(Br)c[nH]1. The minimum absolute atomic E-state index is 0.278. The molecule has 7 nitrogen and oxygen atoms in total. The van der Waals surface area contributed by atoms with Crippen molar-refractivity contribution < 1.29 is 14.3 Å². The molecule has 0 aliphatic heterocycles. The van der Waals surface area contributed by atoms with Crippen LogP contribution in [0.2, 0.25) is 0 Å².